The van der Waals surface area contributed by atoms with Gasteiger partial charge >= 0.3 is 5.97 Å². The molecular formula is C19H19Cl2NO3S. The van der Waals surface area contributed by atoms with Crippen LogP contribution in [0.15, 0.2) is 52.3 Å². The first kappa shape index (κ1) is 19.4. The molecule has 2 aromatic rings. The van der Waals surface area contributed by atoms with Gasteiger partial charge in [-0.3, -0.25) is 9.69 Å². The van der Waals surface area contributed by atoms with Crippen molar-refractivity contribution in [3.8, 4) is 5.75 Å². The van der Waals surface area contributed by atoms with Gasteiger partial charge in [-0.1, -0.05) is 47.1 Å². The summed E-state index contributed by atoms with van der Waals surface area (Å²) in [5.74, 6) is -0.0142. The van der Waals surface area contributed by atoms with Gasteiger partial charge < -0.3 is 9.84 Å². The Morgan fingerprint density at radius 3 is 2.77 bits per heavy atom. The highest BCUT2D eigenvalue weighted by Crippen LogP contribution is 2.38. The second-order valence-corrected chi connectivity index (χ2v) is 8.09. The zero-order chi connectivity index (χ0) is 18.7. The van der Waals surface area contributed by atoms with Crippen molar-refractivity contribution < 1.29 is 14.6 Å². The number of carbonyl (C=O) groups is 1. The number of nitrogens with zero attached hydrogens (tertiary/aromatic N) is 1. The molecule has 1 unspecified atom stereocenters. The van der Waals surface area contributed by atoms with Gasteiger partial charge in [0.2, 0.25) is 0 Å². The fourth-order valence-corrected chi connectivity index (χ4v) is 4.13. The Morgan fingerprint density at radius 1 is 1.27 bits per heavy atom. The summed E-state index contributed by atoms with van der Waals surface area (Å²) in [7, 11) is 0. The number of carboxylic acids is 1. The molecule has 0 bridgehead atoms. The van der Waals surface area contributed by atoms with E-state index in [4.69, 9.17) is 33.0 Å². The van der Waals surface area contributed by atoms with Crippen molar-refractivity contribution in [2.75, 3.05) is 13.1 Å². The number of halogens is 2. The molecule has 7 heteroatoms. The summed E-state index contributed by atoms with van der Waals surface area (Å²) in [5.41, 5.74) is 0. The number of hydrogen-bond acceptors (Lipinski definition) is 4. The van der Waals surface area contributed by atoms with E-state index in [9.17, 15) is 4.79 Å². The molecule has 1 saturated heterocycles. The third kappa shape index (κ3) is 4.65. The Labute approximate surface area is 167 Å². The fourth-order valence-electron chi connectivity index (χ4n) is 2.84. The molecule has 0 spiro atoms. The van der Waals surface area contributed by atoms with Crippen LogP contribution in [0.3, 0.4) is 0 Å². The van der Waals surface area contributed by atoms with E-state index in [0.29, 0.717) is 16.6 Å². The van der Waals surface area contributed by atoms with E-state index in [0.717, 1.165) is 28.5 Å². The molecule has 138 valence electrons. The van der Waals surface area contributed by atoms with Crippen LogP contribution in [-0.2, 0) is 4.79 Å². The molecule has 1 aliphatic rings. The molecule has 1 heterocycles. The molecule has 0 saturated carbocycles. The lowest BCUT2D eigenvalue weighted by atomic mass is 10.3. The van der Waals surface area contributed by atoms with Crippen molar-refractivity contribution >= 4 is 40.9 Å². The van der Waals surface area contributed by atoms with Crippen LogP contribution in [-0.4, -0.2) is 41.2 Å². The Hall–Kier alpha value is -1.40. The first-order valence-electron chi connectivity index (χ1n) is 8.29. The molecule has 0 aromatic heterocycles. The van der Waals surface area contributed by atoms with Crippen molar-refractivity contribution in [2.45, 2.75) is 35.3 Å². The second kappa shape index (κ2) is 8.53. The van der Waals surface area contributed by atoms with Gasteiger partial charge in [0.1, 0.15) is 17.9 Å². The smallest absolute Gasteiger partial charge is 0.320 e. The molecule has 26 heavy (non-hydrogen) atoms. The van der Waals surface area contributed by atoms with Crippen molar-refractivity contribution in [1.82, 2.24) is 4.90 Å². The highest BCUT2D eigenvalue weighted by atomic mass is 35.5. The van der Waals surface area contributed by atoms with E-state index in [-0.39, 0.29) is 6.10 Å². The summed E-state index contributed by atoms with van der Waals surface area (Å²) in [6.45, 7) is 3.04. The lowest BCUT2D eigenvalue weighted by molar-refractivity contribution is -0.142. The predicted octanol–water partition coefficient (Wildman–Crippen LogP) is 5.07. The lowest BCUT2D eigenvalue weighted by Gasteiger charge is -2.21. The number of benzene rings is 2. The summed E-state index contributed by atoms with van der Waals surface area (Å²) in [5, 5.41) is 10.2. The van der Waals surface area contributed by atoms with E-state index in [1.807, 2.05) is 41.3 Å². The van der Waals surface area contributed by atoms with Crippen LogP contribution in [0.4, 0.5) is 0 Å². The highest BCUT2D eigenvalue weighted by molar-refractivity contribution is 7.99. The van der Waals surface area contributed by atoms with Crippen molar-refractivity contribution in [3.05, 3.63) is 52.5 Å². The van der Waals surface area contributed by atoms with Gasteiger partial charge in [0.15, 0.2) is 0 Å². The van der Waals surface area contributed by atoms with Crippen molar-refractivity contribution in [1.29, 1.82) is 0 Å². The normalized spacial score (nSPS) is 18.7. The third-order valence-electron chi connectivity index (χ3n) is 4.34. The summed E-state index contributed by atoms with van der Waals surface area (Å²) < 4.78 is 6.18. The molecule has 2 atom stereocenters. The van der Waals surface area contributed by atoms with Crippen LogP contribution >= 0.6 is 35.0 Å². The van der Waals surface area contributed by atoms with Gasteiger partial charge in [-0.05, 0) is 43.7 Å². The zero-order valence-electron chi connectivity index (χ0n) is 14.2. The van der Waals surface area contributed by atoms with Gasteiger partial charge in [0, 0.05) is 18.0 Å². The second-order valence-electron chi connectivity index (χ2n) is 6.16. The third-order valence-corrected chi connectivity index (χ3v) is 6.13. The van der Waals surface area contributed by atoms with Crippen molar-refractivity contribution in [3.63, 3.8) is 0 Å². The standard InChI is InChI=1S/C19H19Cl2NO3S/c1-12(19(23)24)22-9-8-13(11-22)25-17-4-2-3-5-18(17)26-14-6-7-15(20)16(21)10-14/h2-7,10,12-13H,8-9,11H2,1H3,(H,23,24)/t12?,13-/m1/s1. The van der Waals surface area contributed by atoms with E-state index in [1.54, 1.807) is 24.8 Å². The van der Waals surface area contributed by atoms with Gasteiger partial charge in [0.25, 0.3) is 0 Å². The van der Waals surface area contributed by atoms with Crippen molar-refractivity contribution in [2.24, 2.45) is 0 Å². The average Bonchev–Trinajstić information content (AvgIpc) is 3.07. The van der Waals surface area contributed by atoms with Gasteiger partial charge in [0.05, 0.1) is 14.9 Å². The largest absolute Gasteiger partial charge is 0.488 e. The molecule has 1 fully saturated rings. The summed E-state index contributed by atoms with van der Waals surface area (Å²) in [6, 6.07) is 12.8. The van der Waals surface area contributed by atoms with Crippen LogP contribution in [0.5, 0.6) is 5.75 Å². The number of hydrogen-bond donors (Lipinski definition) is 1. The SMILES string of the molecule is CC(C(=O)O)N1CC[C@@H](Oc2ccccc2Sc2ccc(Cl)c(Cl)c2)C1. The molecule has 1 aliphatic heterocycles. The van der Waals surface area contributed by atoms with Crippen LogP contribution in [0.25, 0.3) is 0 Å². The Bertz CT molecular complexity index is 802. The Balaban J connectivity index is 1.70. The Morgan fingerprint density at radius 2 is 2.04 bits per heavy atom. The molecule has 1 N–H and O–H groups in total. The average molecular weight is 412 g/mol. The van der Waals surface area contributed by atoms with Crippen LogP contribution in [0, 0.1) is 0 Å². The minimum atomic E-state index is -0.804. The van der Waals surface area contributed by atoms with E-state index < -0.39 is 12.0 Å². The topological polar surface area (TPSA) is 49.8 Å². The molecule has 0 radical (unpaired) electrons. The summed E-state index contributed by atoms with van der Waals surface area (Å²) >= 11 is 13.6. The number of aliphatic carboxylic acids is 1. The minimum absolute atomic E-state index is 0.0210. The quantitative estimate of drug-likeness (QED) is 0.718. The number of ether oxygens (including phenoxy) is 1. The monoisotopic (exact) mass is 411 g/mol. The Kier molecular flexibility index (Phi) is 6.35. The maximum Gasteiger partial charge on any atom is 0.320 e. The van der Waals surface area contributed by atoms with E-state index in [2.05, 4.69) is 0 Å². The van der Waals surface area contributed by atoms with Crippen LogP contribution in [0.2, 0.25) is 10.0 Å². The first-order chi connectivity index (χ1) is 12.4. The van der Waals surface area contributed by atoms with E-state index in [1.165, 1.54) is 0 Å². The number of carboxylic acid groups (broad SMARTS) is 1. The maximum absolute atomic E-state index is 11.2. The van der Waals surface area contributed by atoms with E-state index >= 15 is 0 Å². The van der Waals surface area contributed by atoms with Gasteiger partial charge in [-0.2, -0.15) is 0 Å². The van der Waals surface area contributed by atoms with Crippen LogP contribution in [0.1, 0.15) is 13.3 Å². The molecular weight excluding hydrogens is 393 g/mol. The number of para-hydroxylation sites is 1. The van der Waals surface area contributed by atoms with Gasteiger partial charge in [-0.15, -0.1) is 0 Å². The number of likely N-dealkylation sites (tertiary alicyclic amines) is 1. The first-order valence-corrected chi connectivity index (χ1v) is 9.86. The zero-order valence-corrected chi connectivity index (χ0v) is 16.5. The molecule has 2 aromatic carbocycles. The summed E-state index contributed by atoms with van der Waals surface area (Å²) in [4.78, 5) is 15.0. The predicted molar refractivity (Wildman–Crippen MR) is 105 cm³/mol. The number of rotatable bonds is 6. The molecule has 4 nitrogen and oxygen atoms in total. The molecule has 3 rings (SSSR count). The molecule has 0 aliphatic carbocycles. The summed E-state index contributed by atoms with van der Waals surface area (Å²) in [6.07, 6.45) is 0.788. The fraction of sp³-hybridized carbons (Fsp3) is 0.316. The van der Waals surface area contributed by atoms with Gasteiger partial charge in [-0.25, -0.2) is 0 Å². The highest BCUT2D eigenvalue weighted by Gasteiger charge is 2.30. The molecule has 0 amide bonds. The minimum Gasteiger partial charge on any atom is -0.488 e. The van der Waals surface area contributed by atoms with Crippen LogP contribution < -0.4 is 4.74 Å². The lowest BCUT2D eigenvalue weighted by Crippen LogP contribution is -2.38. The maximum atomic E-state index is 11.2.